The minimum atomic E-state index is -0.449. The molecule has 2 aliphatic rings. The van der Waals surface area contributed by atoms with Gasteiger partial charge in [-0.25, -0.2) is 0 Å². The molecule has 1 saturated heterocycles. The standard InChI is InChI=1S/C16H22N2O2/c1-2-8-18-9-10-20-15-6-5-12(11-14(15)18)16(19)13-4-3-7-17-13/h2,5-6,11,13,16-17,19H,1,3-4,7-10H2. The van der Waals surface area contributed by atoms with Gasteiger partial charge in [0, 0.05) is 12.6 Å². The molecule has 0 spiro atoms. The average molecular weight is 274 g/mol. The molecule has 2 heterocycles. The number of ether oxygens (including phenoxy) is 1. The summed E-state index contributed by atoms with van der Waals surface area (Å²) in [5.41, 5.74) is 2.02. The number of nitrogens with zero attached hydrogens (tertiary/aromatic N) is 1. The topological polar surface area (TPSA) is 44.7 Å². The third-order valence-corrected chi connectivity index (χ3v) is 4.11. The van der Waals surface area contributed by atoms with Crippen molar-refractivity contribution in [2.24, 2.45) is 0 Å². The molecule has 108 valence electrons. The maximum absolute atomic E-state index is 10.5. The molecule has 2 N–H and O–H groups in total. The number of benzene rings is 1. The maximum Gasteiger partial charge on any atom is 0.142 e. The molecule has 4 heteroatoms. The van der Waals surface area contributed by atoms with Gasteiger partial charge in [-0.3, -0.25) is 0 Å². The molecule has 20 heavy (non-hydrogen) atoms. The van der Waals surface area contributed by atoms with E-state index in [1.54, 1.807) is 0 Å². The Balaban J connectivity index is 1.86. The van der Waals surface area contributed by atoms with Crippen molar-refractivity contribution in [1.29, 1.82) is 0 Å². The van der Waals surface area contributed by atoms with Gasteiger partial charge >= 0.3 is 0 Å². The molecule has 1 aromatic rings. The highest BCUT2D eigenvalue weighted by molar-refractivity contribution is 5.62. The fourth-order valence-corrected chi connectivity index (χ4v) is 3.03. The number of aliphatic hydroxyl groups excluding tert-OH is 1. The molecule has 0 bridgehead atoms. The summed E-state index contributed by atoms with van der Waals surface area (Å²) in [6, 6.07) is 6.17. The SMILES string of the molecule is C=CCN1CCOc2ccc(C(O)C3CCCN3)cc21. The summed E-state index contributed by atoms with van der Waals surface area (Å²) in [4.78, 5) is 2.24. The first-order valence-corrected chi connectivity index (χ1v) is 7.33. The monoisotopic (exact) mass is 274 g/mol. The zero-order chi connectivity index (χ0) is 13.9. The van der Waals surface area contributed by atoms with E-state index in [1.165, 1.54) is 0 Å². The molecule has 2 aliphatic heterocycles. The van der Waals surface area contributed by atoms with E-state index in [4.69, 9.17) is 4.74 Å². The predicted octanol–water partition coefficient (Wildman–Crippen LogP) is 1.86. The molecular weight excluding hydrogens is 252 g/mol. The van der Waals surface area contributed by atoms with Gasteiger partial charge in [0.2, 0.25) is 0 Å². The number of anilines is 1. The van der Waals surface area contributed by atoms with Gasteiger partial charge in [0.25, 0.3) is 0 Å². The first kappa shape index (κ1) is 13.5. The smallest absolute Gasteiger partial charge is 0.142 e. The van der Waals surface area contributed by atoms with E-state index in [-0.39, 0.29) is 6.04 Å². The molecule has 3 rings (SSSR count). The van der Waals surface area contributed by atoms with E-state index in [9.17, 15) is 5.11 Å². The summed E-state index contributed by atoms with van der Waals surface area (Å²) >= 11 is 0. The normalized spacial score (nSPS) is 23.1. The van der Waals surface area contributed by atoms with Crippen molar-refractivity contribution in [3.8, 4) is 5.75 Å². The van der Waals surface area contributed by atoms with Crippen LogP contribution >= 0.6 is 0 Å². The van der Waals surface area contributed by atoms with Crippen LogP contribution in [0.2, 0.25) is 0 Å². The lowest BCUT2D eigenvalue weighted by molar-refractivity contribution is 0.137. The fraction of sp³-hybridized carbons (Fsp3) is 0.500. The van der Waals surface area contributed by atoms with Gasteiger partial charge in [-0.2, -0.15) is 0 Å². The van der Waals surface area contributed by atoms with Gasteiger partial charge in [0.1, 0.15) is 12.4 Å². The highest BCUT2D eigenvalue weighted by atomic mass is 16.5. The first-order chi connectivity index (χ1) is 9.79. The number of hydrogen-bond acceptors (Lipinski definition) is 4. The number of rotatable bonds is 4. The molecule has 2 atom stereocenters. The van der Waals surface area contributed by atoms with Crippen LogP contribution in [0.5, 0.6) is 5.75 Å². The third kappa shape index (κ3) is 2.53. The van der Waals surface area contributed by atoms with Crippen molar-refractivity contribution in [2.75, 3.05) is 31.1 Å². The lowest BCUT2D eigenvalue weighted by atomic mass is 9.99. The van der Waals surface area contributed by atoms with Gasteiger partial charge in [0.15, 0.2) is 0 Å². The molecule has 0 amide bonds. The zero-order valence-corrected chi connectivity index (χ0v) is 11.7. The molecule has 1 aromatic carbocycles. The minimum absolute atomic E-state index is 0.172. The van der Waals surface area contributed by atoms with Gasteiger partial charge in [0.05, 0.1) is 18.3 Å². The summed E-state index contributed by atoms with van der Waals surface area (Å²) in [5, 5.41) is 13.9. The quantitative estimate of drug-likeness (QED) is 0.823. The van der Waals surface area contributed by atoms with E-state index in [0.29, 0.717) is 6.61 Å². The highest BCUT2D eigenvalue weighted by Gasteiger charge is 2.26. The van der Waals surface area contributed by atoms with E-state index in [0.717, 1.165) is 49.5 Å². The number of hydrogen-bond donors (Lipinski definition) is 2. The Morgan fingerprint density at radius 3 is 3.20 bits per heavy atom. The largest absolute Gasteiger partial charge is 0.490 e. The fourth-order valence-electron chi connectivity index (χ4n) is 3.03. The predicted molar refractivity (Wildman–Crippen MR) is 80.3 cm³/mol. The van der Waals surface area contributed by atoms with Crippen LogP contribution in [-0.2, 0) is 0 Å². The molecular formula is C16H22N2O2. The second kappa shape index (κ2) is 5.85. The molecule has 0 radical (unpaired) electrons. The second-order valence-corrected chi connectivity index (χ2v) is 5.46. The van der Waals surface area contributed by atoms with Crippen molar-refractivity contribution in [2.45, 2.75) is 25.0 Å². The molecule has 0 aromatic heterocycles. The van der Waals surface area contributed by atoms with Crippen molar-refractivity contribution in [3.05, 3.63) is 36.4 Å². The Kier molecular flexibility index (Phi) is 3.94. The summed E-state index contributed by atoms with van der Waals surface area (Å²) in [5.74, 6) is 0.897. The van der Waals surface area contributed by atoms with Crippen LogP contribution in [0.3, 0.4) is 0 Å². The molecule has 4 nitrogen and oxygen atoms in total. The van der Waals surface area contributed by atoms with Crippen LogP contribution in [0.25, 0.3) is 0 Å². The Labute approximate surface area is 120 Å². The zero-order valence-electron chi connectivity index (χ0n) is 11.7. The van der Waals surface area contributed by atoms with Crippen LogP contribution in [0, 0.1) is 0 Å². The Morgan fingerprint density at radius 1 is 1.55 bits per heavy atom. The van der Waals surface area contributed by atoms with E-state index in [2.05, 4.69) is 22.9 Å². The van der Waals surface area contributed by atoms with Crippen LogP contribution in [0.1, 0.15) is 24.5 Å². The van der Waals surface area contributed by atoms with Crippen molar-refractivity contribution >= 4 is 5.69 Å². The summed E-state index contributed by atoms with van der Waals surface area (Å²) in [6.45, 7) is 7.17. The van der Waals surface area contributed by atoms with Gasteiger partial charge < -0.3 is 20.1 Å². The lowest BCUT2D eigenvalue weighted by Crippen LogP contribution is -2.33. The molecule has 2 unspecified atom stereocenters. The van der Waals surface area contributed by atoms with Crippen LogP contribution in [0.4, 0.5) is 5.69 Å². The maximum atomic E-state index is 10.5. The van der Waals surface area contributed by atoms with Crippen molar-refractivity contribution < 1.29 is 9.84 Å². The summed E-state index contributed by atoms with van der Waals surface area (Å²) in [7, 11) is 0. The first-order valence-electron chi connectivity index (χ1n) is 7.33. The molecule has 1 fully saturated rings. The molecule has 0 aliphatic carbocycles. The third-order valence-electron chi connectivity index (χ3n) is 4.11. The van der Waals surface area contributed by atoms with E-state index in [1.807, 2.05) is 18.2 Å². The number of fused-ring (bicyclic) bond motifs is 1. The minimum Gasteiger partial charge on any atom is -0.490 e. The average Bonchev–Trinajstić information content (AvgIpc) is 3.01. The van der Waals surface area contributed by atoms with E-state index < -0.39 is 6.10 Å². The summed E-state index contributed by atoms with van der Waals surface area (Å²) < 4.78 is 5.69. The Hall–Kier alpha value is -1.52. The Morgan fingerprint density at radius 2 is 2.45 bits per heavy atom. The lowest BCUT2D eigenvalue weighted by Gasteiger charge is -2.31. The van der Waals surface area contributed by atoms with E-state index >= 15 is 0 Å². The molecule has 0 saturated carbocycles. The van der Waals surface area contributed by atoms with Gasteiger partial charge in [-0.15, -0.1) is 6.58 Å². The van der Waals surface area contributed by atoms with Crippen molar-refractivity contribution in [3.63, 3.8) is 0 Å². The van der Waals surface area contributed by atoms with Crippen molar-refractivity contribution in [1.82, 2.24) is 5.32 Å². The van der Waals surface area contributed by atoms with Crippen LogP contribution in [0.15, 0.2) is 30.9 Å². The van der Waals surface area contributed by atoms with Crippen LogP contribution in [-0.4, -0.2) is 37.4 Å². The second-order valence-electron chi connectivity index (χ2n) is 5.46. The summed E-state index contributed by atoms with van der Waals surface area (Å²) in [6.07, 6.45) is 3.62. The Bertz CT molecular complexity index is 483. The van der Waals surface area contributed by atoms with Gasteiger partial charge in [-0.1, -0.05) is 12.1 Å². The van der Waals surface area contributed by atoms with Crippen LogP contribution < -0.4 is 15.0 Å². The van der Waals surface area contributed by atoms with Gasteiger partial charge in [-0.05, 0) is 37.1 Å². The highest BCUT2D eigenvalue weighted by Crippen LogP contribution is 2.35. The number of aliphatic hydroxyl groups is 1. The number of nitrogens with one attached hydrogen (secondary N) is 1.